The van der Waals surface area contributed by atoms with E-state index in [1.54, 1.807) is 25.1 Å². The Bertz CT molecular complexity index is 786. The maximum atomic E-state index is 12.5. The van der Waals surface area contributed by atoms with Gasteiger partial charge in [0.15, 0.2) is 6.10 Å². The third-order valence-corrected chi connectivity index (χ3v) is 4.12. The first-order valence-electron chi connectivity index (χ1n) is 8.16. The Morgan fingerprint density at radius 2 is 1.76 bits per heavy atom. The van der Waals surface area contributed by atoms with Crippen molar-refractivity contribution in [2.75, 3.05) is 5.32 Å². The van der Waals surface area contributed by atoms with Gasteiger partial charge in [-0.2, -0.15) is 0 Å². The van der Waals surface area contributed by atoms with E-state index in [1.807, 2.05) is 25.1 Å². The molecule has 0 spiro atoms. The van der Waals surface area contributed by atoms with Crippen LogP contribution in [-0.4, -0.2) is 18.0 Å². The number of anilines is 1. The second-order valence-corrected chi connectivity index (χ2v) is 6.68. The zero-order chi connectivity index (χ0) is 18.6. The van der Waals surface area contributed by atoms with Gasteiger partial charge in [-0.25, -0.2) is 4.79 Å². The van der Waals surface area contributed by atoms with E-state index in [9.17, 15) is 9.59 Å². The summed E-state index contributed by atoms with van der Waals surface area (Å²) >= 11 is 5.87. The van der Waals surface area contributed by atoms with Crippen LogP contribution in [0.25, 0.3) is 0 Å². The number of hydrogen-bond acceptors (Lipinski definition) is 3. The molecule has 25 heavy (non-hydrogen) atoms. The Kier molecular flexibility index (Phi) is 6.21. The van der Waals surface area contributed by atoms with Crippen LogP contribution in [-0.2, 0) is 9.53 Å². The zero-order valence-electron chi connectivity index (χ0n) is 14.8. The lowest BCUT2D eigenvalue weighted by Crippen LogP contribution is -2.30. The van der Waals surface area contributed by atoms with Gasteiger partial charge < -0.3 is 10.1 Å². The minimum atomic E-state index is -0.925. The van der Waals surface area contributed by atoms with E-state index < -0.39 is 12.1 Å². The van der Waals surface area contributed by atoms with Crippen molar-refractivity contribution < 1.29 is 14.3 Å². The van der Waals surface area contributed by atoms with Gasteiger partial charge in [0.25, 0.3) is 5.91 Å². The molecule has 0 saturated carbocycles. The van der Waals surface area contributed by atoms with Gasteiger partial charge in [0.1, 0.15) is 0 Å². The van der Waals surface area contributed by atoms with E-state index in [0.717, 1.165) is 16.8 Å². The zero-order valence-corrected chi connectivity index (χ0v) is 15.6. The molecular formula is C20H22ClNO3. The molecule has 0 aliphatic heterocycles. The van der Waals surface area contributed by atoms with Gasteiger partial charge in [-0.3, -0.25) is 4.79 Å². The molecule has 1 atom stereocenters. The normalized spacial score (nSPS) is 11.9. The van der Waals surface area contributed by atoms with E-state index in [2.05, 4.69) is 19.2 Å². The van der Waals surface area contributed by atoms with Crippen molar-refractivity contribution in [3.8, 4) is 0 Å². The van der Waals surface area contributed by atoms with Crippen molar-refractivity contribution in [1.82, 2.24) is 0 Å². The van der Waals surface area contributed by atoms with Gasteiger partial charge in [0.05, 0.1) is 5.56 Å². The summed E-state index contributed by atoms with van der Waals surface area (Å²) in [6.45, 7) is 7.61. The first kappa shape index (κ1) is 19.0. The number of ether oxygens (including phenoxy) is 1. The lowest BCUT2D eigenvalue weighted by atomic mass is 9.98. The number of esters is 1. The maximum absolute atomic E-state index is 12.5. The monoisotopic (exact) mass is 359 g/mol. The van der Waals surface area contributed by atoms with Crippen molar-refractivity contribution in [2.24, 2.45) is 0 Å². The summed E-state index contributed by atoms with van der Waals surface area (Å²) in [7, 11) is 0. The number of para-hydroxylation sites is 1. The predicted molar refractivity (Wildman–Crippen MR) is 100 cm³/mol. The highest BCUT2D eigenvalue weighted by atomic mass is 35.5. The van der Waals surface area contributed by atoms with Crippen LogP contribution in [0, 0.1) is 6.92 Å². The van der Waals surface area contributed by atoms with Crippen molar-refractivity contribution in [3.05, 3.63) is 64.2 Å². The second-order valence-electron chi connectivity index (χ2n) is 6.24. The van der Waals surface area contributed by atoms with Crippen molar-refractivity contribution in [2.45, 2.75) is 39.7 Å². The molecule has 2 aromatic rings. The number of carbonyl (C=O) groups is 2. The predicted octanol–water partition coefficient (Wildman–Crippen LogP) is 4.96. The van der Waals surface area contributed by atoms with Gasteiger partial charge in [-0.15, -0.1) is 0 Å². The lowest BCUT2D eigenvalue weighted by molar-refractivity contribution is -0.123. The van der Waals surface area contributed by atoms with Gasteiger partial charge >= 0.3 is 5.97 Å². The number of aryl methyl sites for hydroxylation is 1. The van der Waals surface area contributed by atoms with Crippen LogP contribution in [0.1, 0.15) is 48.2 Å². The molecular weight excluding hydrogens is 338 g/mol. The van der Waals surface area contributed by atoms with Crippen LogP contribution < -0.4 is 5.32 Å². The largest absolute Gasteiger partial charge is 0.449 e. The van der Waals surface area contributed by atoms with Crippen LogP contribution >= 0.6 is 11.6 Å². The average molecular weight is 360 g/mol. The smallest absolute Gasteiger partial charge is 0.338 e. The van der Waals surface area contributed by atoms with Gasteiger partial charge in [0.2, 0.25) is 0 Å². The molecule has 1 amide bonds. The van der Waals surface area contributed by atoms with Crippen molar-refractivity contribution in [3.63, 3.8) is 0 Å². The van der Waals surface area contributed by atoms with E-state index in [4.69, 9.17) is 16.3 Å². The maximum Gasteiger partial charge on any atom is 0.338 e. The van der Waals surface area contributed by atoms with Gasteiger partial charge in [0, 0.05) is 10.7 Å². The van der Waals surface area contributed by atoms with Crippen molar-refractivity contribution in [1.29, 1.82) is 0 Å². The fourth-order valence-electron chi connectivity index (χ4n) is 2.46. The van der Waals surface area contributed by atoms with Crippen molar-refractivity contribution >= 4 is 29.2 Å². The highest BCUT2D eigenvalue weighted by molar-refractivity contribution is 6.30. The van der Waals surface area contributed by atoms with Crippen LogP contribution in [0.4, 0.5) is 5.69 Å². The Labute approximate surface area is 153 Å². The summed E-state index contributed by atoms with van der Waals surface area (Å²) in [5.74, 6) is -0.690. The molecule has 1 N–H and O–H groups in total. The summed E-state index contributed by atoms with van der Waals surface area (Å²) in [5, 5.41) is 3.32. The van der Waals surface area contributed by atoms with Crippen LogP contribution in [0.5, 0.6) is 0 Å². The molecule has 4 nitrogen and oxygen atoms in total. The molecule has 1 unspecified atom stereocenters. The molecule has 0 bridgehead atoms. The molecule has 0 fully saturated rings. The Hall–Kier alpha value is -2.33. The Morgan fingerprint density at radius 3 is 2.40 bits per heavy atom. The van der Waals surface area contributed by atoms with Crippen LogP contribution in [0.2, 0.25) is 5.02 Å². The Morgan fingerprint density at radius 1 is 1.08 bits per heavy atom. The molecule has 132 valence electrons. The number of amides is 1. The molecule has 0 aliphatic rings. The molecule has 0 aliphatic carbocycles. The van der Waals surface area contributed by atoms with Gasteiger partial charge in [-0.05, 0) is 49.1 Å². The molecule has 0 aromatic heterocycles. The number of carbonyl (C=O) groups excluding carboxylic acids is 2. The fraction of sp³-hybridized carbons (Fsp3) is 0.300. The van der Waals surface area contributed by atoms with E-state index in [1.165, 1.54) is 6.07 Å². The average Bonchev–Trinajstić information content (AvgIpc) is 2.56. The second kappa shape index (κ2) is 8.17. The summed E-state index contributed by atoms with van der Waals surface area (Å²) in [6.07, 6.45) is -0.925. The third-order valence-electron chi connectivity index (χ3n) is 3.89. The Balaban J connectivity index is 2.10. The summed E-state index contributed by atoms with van der Waals surface area (Å²) < 4.78 is 5.26. The number of rotatable bonds is 5. The highest BCUT2D eigenvalue weighted by Crippen LogP contribution is 2.27. The topological polar surface area (TPSA) is 55.4 Å². The number of benzene rings is 2. The number of hydrogen-bond donors (Lipinski definition) is 1. The molecule has 5 heteroatoms. The van der Waals surface area contributed by atoms with E-state index >= 15 is 0 Å². The van der Waals surface area contributed by atoms with Crippen LogP contribution in [0.15, 0.2) is 42.5 Å². The van der Waals surface area contributed by atoms with E-state index in [-0.39, 0.29) is 11.8 Å². The molecule has 0 heterocycles. The summed E-state index contributed by atoms with van der Waals surface area (Å²) in [6, 6.07) is 12.3. The lowest BCUT2D eigenvalue weighted by Gasteiger charge is -2.19. The molecule has 2 aromatic carbocycles. The van der Waals surface area contributed by atoms with E-state index in [0.29, 0.717) is 10.6 Å². The third kappa shape index (κ3) is 4.83. The number of halogens is 1. The molecule has 2 rings (SSSR count). The standard InChI is InChI=1S/C20H22ClNO3/c1-12(2)17-10-5-7-13(3)18(17)22-19(23)14(4)25-20(24)15-8-6-9-16(21)11-15/h5-12,14H,1-4H3,(H,22,23). The molecule has 0 saturated heterocycles. The first-order chi connectivity index (χ1) is 11.8. The molecule has 0 radical (unpaired) electrons. The minimum absolute atomic E-state index is 0.263. The van der Waals surface area contributed by atoms with Gasteiger partial charge in [-0.1, -0.05) is 49.7 Å². The fourth-order valence-corrected chi connectivity index (χ4v) is 2.66. The summed E-state index contributed by atoms with van der Waals surface area (Å²) in [4.78, 5) is 24.6. The minimum Gasteiger partial charge on any atom is -0.449 e. The first-order valence-corrected chi connectivity index (χ1v) is 8.54. The number of nitrogens with one attached hydrogen (secondary N) is 1. The highest BCUT2D eigenvalue weighted by Gasteiger charge is 2.21. The van der Waals surface area contributed by atoms with Crippen LogP contribution in [0.3, 0.4) is 0 Å². The summed E-state index contributed by atoms with van der Waals surface area (Å²) in [5.41, 5.74) is 3.09. The SMILES string of the molecule is Cc1cccc(C(C)C)c1NC(=O)C(C)OC(=O)c1cccc(Cl)c1. The quantitative estimate of drug-likeness (QED) is 0.768.